The van der Waals surface area contributed by atoms with Crippen molar-refractivity contribution in [2.45, 2.75) is 0 Å². The molecule has 1 N–H and O–H groups in total. The summed E-state index contributed by atoms with van der Waals surface area (Å²) in [5.74, 6) is -2.57. The molecule has 1 amide bonds. The third kappa shape index (κ3) is 4.22. The molecule has 3 rings (SSSR count). The van der Waals surface area contributed by atoms with Gasteiger partial charge in [-0.1, -0.05) is 29.3 Å². The maximum atomic E-state index is 13.7. The number of amides is 1. The molecule has 0 atom stereocenters. The predicted molar refractivity (Wildman–Crippen MR) is 104 cm³/mol. The van der Waals surface area contributed by atoms with E-state index in [1.807, 2.05) is 0 Å². The number of benzene rings is 2. The second kappa shape index (κ2) is 8.09. The van der Waals surface area contributed by atoms with Crippen molar-refractivity contribution in [2.75, 3.05) is 11.9 Å². The van der Waals surface area contributed by atoms with Crippen molar-refractivity contribution in [2.24, 2.45) is 0 Å². The van der Waals surface area contributed by atoms with Gasteiger partial charge in [0.2, 0.25) is 0 Å². The van der Waals surface area contributed by atoms with E-state index in [9.17, 15) is 24.1 Å². The van der Waals surface area contributed by atoms with Gasteiger partial charge in [-0.2, -0.15) is 0 Å². The predicted octanol–water partition coefficient (Wildman–Crippen LogP) is 5.05. The third-order valence-electron chi connectivity index (χ3n) is 3.55. The van der Waals surface area contributed by atoms with Gasteiger partial charge >= 0.3 is 5.97 Å². The van der Waals surface area contributed by atoms with Crippen LogP contribution >= 0.6 is 34.5 Å². The minimum absolute atomic E-state index is 0.0910. The van der Waals surface area contributed by atoms with Crippen molar-refractivity contribution < 1.29 is 23.6 Å². The van der Waals surface area contributed by atoms with Crippen LogP contribution in [0.5, 0.6) is 0 Å². The molecule has 0 radical (unpaired) electrons. The highest BCUT2D eigenvalue weighted by Gasteiger charge is 2.20. The zero-order valence-corrected chi connectivity index (χ0v) is 16.0. The molecule has 1 aromatic heterocycles. The summed E-state index contributed by atoms with van der Waals surface area (Å²) >= 11 is 13.1. The number of carbonyl (C=O) groups excluding carboxylic acids is 2. The average Bonchev–Trinajstić information content (AvgIpc) is 2.97. The Labute approximate surface area is 170 Å². The molecular weight excluding hydrogens is 434 g/mol. The molecule has 0 aliphatic heterocycles. The number of halogens is 3. The SMILES string of the molecule is O=C(COC(=O)c1sc2cc(Cl)ccc2c1Cl)Nc1cc([N+](=O)[O-])ccc1F. The molecule has 0 unspecified atom stereocenters. The summed E-state index contributed by atoms with van der Waals surface area (Å²) in [6.45, 7) is -0.730. The standard InChI is InChI=1S/C17H9Cl2FN2O5S/c18-8-1-3-10-13(5-8)28-16(15(10)19)17(24)27-7-14(23)21-12-6-9(22(25)26)2-4-11(12)20/h1-6H,7H2,(H,21,23). The molecule has 0 aliphatic rings. The van der Waals surface area contributed by atoms with Crippen LogP contribution in [-0.2, 0) is 9.53 Å². The molecule has 2 aromatic carbocycles. The van der Waals surface area contributed by atoms with Gasteiger partial charge in [0.15, 0.2) is 6.61 Å². The van der Waals surface area contributed by atoms with Gasteiger partial charge < -0.3 is 10.1 Å². The van der Waals surface area contributed by atoms with Gasteiger partial charge in [0, 0.05) is 27.2 Å². The normalized spacial score (nSPS) is 10.7. The number of ether oxygens (including phenoxy) is 1. The first-order valence-electron chi connectivity index (χ1n) is 7.54. The highest BCUT2D eigenvalue weighted by Crippen LogP contribution is 2.37. The largest absolute Gasteiger partial charge is 0.451 e. The number of esters is 1. The van der Waals surface area contributed by atoms with Crippen LogP contribution in [0.2, 0.25) is 10.0 Å². The van der Waals surface area contributed by atoms with Crippen molar-refractivity contribution in [3.8, 4) is 0 Å². The van der Waals surface area contributed by atoms with E-state index < -0.39 is 40.6 Å². The Kier molecular flexibility index (Phi) is 5.78. The molecule has 0 fully saturated rings. The molecule has 0 saturated carbocycles. The maximum absolute atomic E-state index is 13.7. The van der Waals surface area contributed by atoms with Gasteiger partial charge in [-0.05, 0) is 18.2 Å². The molecule has 7 nitrogen and oxygen atoms in total. The second-order valence-corrected chi connectivity index (χ2v) is 7.30. The van der Waals surface area contributed by atoms with Crippen molar-refractivity contribution in [3.05, 3.63) is 67.3 Å². The Morgan fingerprint density at radius 1 is 1.21 bits per heavy atom. The quantitative estimate of drug-likeness (QED) is 0.338. The number of thiophene rings is 1. The number of nitro groups is 1. The average molecular weight is 443 g/mol. The molecule has 11 heteroatoms. The van der Waals surface area contributed by atoms with Gasteiger partial charge in [-0.15, -0.1) is 11.3 Å². The number of fused-ring (bicyclic) bond motifs is 1. The Morgan fingerprint density at radius 2 is 1.96 bits per heavy atom. The van der Waals surface area contributed by atoms with Crippen LogP contribution in [0.25, 0.3) is 10.1 Å². The fraction of sp³-hybridized carbons (Fsp3) is 0.0588. The fourth-order valence-electron chi connectivity index (χ4n) is 2.28. The summed E-state index contributed by atoms with van der Waals surface area (Å²) in [7, 11) is 0. The van der Waals surface area contributed by atoms with E-state index in [0.29, 0.717) is 15.1 Å². The molecular formula is C17H9Cl2FN2O5S. The lowest BCUT2D eigenvalue weighted by Crippen LogP contribution is -2.21. The van der Waals surface area contributed by atoms with Crippen molar-refractivity contribution in [1.29, 1.82) is 0 Å². The topological polar surface area (TPSA) is 98.5 Å². The molecule has 0 spiro atoms. The van der Waals surface area contributed by atoms with Crippen LogP contribution in [0.4, 0.5) is 15.8 Å². The summed E-state index contributed by atoms with van der Waals surface area (Å²) in [5, 5.41) is 14.1. The zero-order chi connectivity index (χ0) is 20.4. The molecule has 0 aliphatic carbocycles. The zero-order valence-electron chi connectivity index (χ0n) is 13.7. The number of hydrogen-bond donors (Lipinski definition) is 1. The van der Waals surface area contributed by atoms with Gasteiger partial charge in [0.05, 0.1) is 15.6 Å². The summed E-state index contributed by atoms with van der Waals surface area (Å²) in [6, 6.07) is 7.59. The smallest absolute Gasteiger partial charge is 0.350 e. The molecule has 144 valence electrons. The van der Waals surface area contributed by atoms with E-state index in [-0.39, 0.29) is 9.90 Å². The van der Waals surface area contributed by atoms with Crippen LogP contribution in [0.3, 0.4) is 0 Å². The summed E-state index contributed by atoms with van der Waals surface area (Å²) in [6.07, 6.45) is 0. The van der Waals surface area contributed by atoms with Gasteiger partial charge in [-0.25, -0.2) is 9.18 Å². The van der Waals surface area contributed by atoms with Gasteiger partial charge in [0.25, 0.3) is 11.6 Å². The Balaban J connectivity index is 1.68. The van der Waals surface area contributed by atoms with E-state index in [0.717, 1.165) is 29.5 Å². The number of nitrogens with one attached hydrogen (secondary N) is 1. The minimum atomic E-state index is -0.868. The van der Waals surface area contributed by atoms with Crippen molar-refractivity contribution in [1.82, 2.24) is 0 Å². The highest BCUT2D eigenvalue weighted by molar-refractivity contribution is 7.21. The van der Waals surface area contributed by atoms with Crippen LogP contribution in [0.15, 0.2) is 36.4 Å². The van der Waals surface area contributed by atoms with Crippen LogP contribution in [0.1, 0.15) is 9.67 Å². The Morgan fingerprint density at radius 3 is 2.68 bits per heavy atom. The van der Waals surface area contributed by atoms with Crippen LogP contribution in [-0.4, -0.2) is 23.4 Å². The highest BCUT2D eigenvalue weighted by atomic mass is 35.5. The Hall–Kier alpha value is -2.75. The van der Waals surface area contributed by atoms with Crippen molar-refractivity contribution >= 4 is 67.9 Å². The monoisotopic (exact) mass is 442 g/mol. The van der Waals surface area contributed by atoms with Crippen LogP contribution < -0.4 is 5.32 Å². The molecule has 1 heterocycles. The lowest BCUT2D eigenvalue weighted by molar-refractivity contribution is -0.384. The number of nitro benzene ring substituents is 1. The number of anilines is 1. The van der Waals surface area contributed by atoms with E-state index in [1.165, 1.54) is 0 Å². The number of rotatable bonds is 5. The number of nitrogens with zero attached hydrogens (tertiary/aromatic N) is 1. The Bertz CT molecular complexity index is 1120. The maximum Gasteiger partial charge on any atom is 0.350 e. The lowest BCUT2D eigenvalue weighted by Gasteiger charge is -2.07. The van der Waals surface area contributed by atoms with E-state index in [4.69, 9.17) is 27.9 Å². The first-order valence-corrected chi connectivity index (χ1v) is 9.12. The number of carbonyl (C=O) groups is 2. The first-order chi connectivity index (χ1) is 13.3. The van der Waals surface area contributed by atoms with E-state index in [2.05, 4.69) is 5.32 Å². The summed E-state index contributed by atoms with van der Waals surface area (Å²) in [5.41, 5.74) is -0.797. The summed E-state index contributed by atoms with van der Waals surface area (Å²) < 4.78 is 19.3. The third-order valence-corrected chi connectivity index (χ3v) is 5.42. The van der Waals surface area contributed by atoms with E-state index in [1.54, 1.807) is 18.2 Å². The molecule has 0 bridgehead atoms. The number of hydrogen-bond acceptors (Lipinski definition) is 6. The fourth-order valence-corrected chi connectivity index (χ4v) is 3.95. The first kappa shape index (κ1) is 20.0. The second-order valence-electron chi connectivity index (χ2n) is 5.43. The molecule has 3 aromatic rings. The number of non-ortho nitro benzene ring substituents is 1. The van der Waals surface area contributed by atoms with Crippen molar-refractivity contribution in [3.63, 3.8) is 0 Å². The molecule has 0 saturated heterocycles. The van der Waals surface area contributed by atoms with Gasteiger partial charge in [-0.3, -0.25) is 14.9 Å². The minimum Gasteiger partial charge on any atom is -0.451 e. The lowest BCUT2D eigenvalue weighted by atomic mass is 10.2. The van der Waals surface area contributed by atoms with Crippen LogP contribution in [0, 0.1) is 15.9 Å². The molecule has 28 heavy (non-hydrogen) atoms. The van der Waals surface area contributed by atoms with Gasteiger partial charge in [0.1, 0.15) is 10.7 Å². The van der Waals surface area contributed by atoms with E-state index >= 15 is 0 Å². The summed E-state index contributed by atoms with van der Waals surface area (Å²) in [4.78, 5) is 34.2.